The standard InChI is InChI=1S/C13H22O4/c1-3-13(2,16)9-10(14)5-4-6-11-7-8-12(15)17-11/h7-8,10-11,14,16H,3-6,9H2,1-2H3/t10?,11-,13?/m0/s1. The third-order valence-electron chi connectivity index (χ3n) is 3.18. The minimum absolute atomic E-state index is 0.138. The number of hydrogen-bond acceptors (Lipinski definition) is 4. The van der Waals surface area contributed by atoms with E-state index in [1.54, 1.807) is 13.0 Å². The predicted octanol–water partition coefficient (Wildman–Crippen LogP) is 1.55. The maximum Gasteiger partial charge on any atom is 0.331 e. The molecular formula is C13H22O4. The van der Waals surface area contributed by atoms with Gasteiger partial charge in [-0.3, -0.25) is 0 Å². The van der Waals surface area contributed by atoms with Crippen LogP contribution in [-0.2, 0) is 9.53 Å². The van der Waals surface area contributed by atoms with E-state index in [4.69, 9.17) is 4.74 Å². The summed E-state index contributed by atoms with van der Waals surface area (Å²) in [5.41, 5.74) is -0.793. The summed E-state index contributed by atoms with van der Waals surface area (Å²) in [6, 6.07) is 0. The second kappa shape index (κ2) is 6.17. The number of carbonyl (C=O) groups excluding carboxylic acids is 1. The average molecular weight is 242 g/mol. The van der Waals surface area contributed by atoms with Gasteiger partial charge < -0.3 is 14.9 Å². The Morgan fingerprint density at radius 2 is 2.29 bits per heavy atom. The second-order valence-corrected chi connectivity index (χ2v) is 4.97. The van der Waals surface area contributed by atoms with E-state index in [0.29, 0.717) is 19.3 Å². The van der Waals surface area contributed by atoms with Crippen molar-refractivity contribution in [2.75, 3.05) is 0 Å². The number of cyclic esters (lactones) is 1. The van der Waals surface area contributed by atoms with Gasteiger partial charge in [0.15, 0.2) is 0 Å². The van der Waals surface area contributed by atoms with Crippen molar-refractivity contribution in [3.05, 3.63) is 12.2 Å². The van der Waals surface area contributed by atoms with E-state index < -0.39 is 11.7 Å². The summed E-state index contributed by atoms with van der Waals surface area (Å²) in [6.45, 7) is 3.63. The lowest BCUT2D eigenvalue weighted by Crippen LogP contribution is -2.29. The van der Waals surface area contributed by atoms with Crippen molar-refractivity contribution in [2.45, 2.75) is 63.8 Å². The highest BCUT2D eigenvalue weighted by Gasteiger charge is 2.22. The molecule has 0 aromatic carbocycles. The Balaban J connectivity index is 2.14. The van der Waals surface area contributed by atoms with E-state index in [-0.39, 0.29) is 12.1 Å². The van der Waals surface area contributed by atoms with Crippen LogP contribution < -0.4 is 0 Å². The van der Waals surface area contributed by atoms with Crippen LogP contribution in [-0.4, -0.2) is 34.0 Å². The molecule has 1 aliphatic rings. The first-order chi connectivity index (χ1) is 7.93. The second-order valence-electron chi connectivity index (χ2n) is 4.97. The molecule has 1 heterocycles. The zero-order valence-electron chi connectivity index (χ0n) is 10.6. The maximum atomic E-state index is 10.8. The lowest BCUT2D eigenvalue weighted by molar-refractivity contribution is -0.138. The van der Waals surface area contributed by atoms with Gasteiger partial charge in [-0.05, 0) is 38.7 Å². The fourth-order valence-electron chi connectivity index (χ4n) is 1.88. The molecule has 98 valence electrons. The van der Waals surface area contributed by atoms with Gasteiger partial charge in [0.1, 0.15) is 6.10 Å². The number of aliphatic hydroxyl groups is 2. The summed E-state index contributed by atoms with van der Waals surface area (Å²) >= 11 is 0. The third-order valence-corrected chi connectivity index (χ3v) is 3.18. The van der Waals surface area contributed by atoms with Crippen molar-refractivity contribution in [1.29, 1.82) is 0 Å². The van der Waals surface area contributed by atoms with Crippen molar-refractivity contribution in [3.8, 4) is 0 Å². The first-order valence-corrected chi connectivity index (χ1v) is 6.22. The molecule has 1 aliphatic heterocycles. The SMILES string of the molecule is CCC(C)(O)CC(O)CCC[C@H]1C=CC(=O)O1. The summed E-state index contributed by atoms with van der Waals surface area (Å²) in [4.78, 5) is 10.8. The average Bonchev–Trinajstić information content (AvgIpc) is 2.63. The summed E-state index contributed by atoms with van der Waals surface area (Å²) in [7, 11) is 0. The number of rotatable bonds is 7. The van der Waals surface area contributed by atoms with E-state index >= 15 is 0 Å². The molecule has 0 aromatic rings. The van der Waals surface area contributed by atoms with E-state index in [9.17, 15) is 15.0 Å². The molecule has 2 N–H and O–H groups in total. The van der Waals surface area contributed by atoms with Crippen LogP contribution in [0.1, 0.15) is 46.0 Å². The third kappa shape index (κ3) is 5.33. The Morgan fingerprint density at radius 1 is 1.59 bits per heavy atom. The summed E-state index contributed by atoms with van der Waals surface area (Å²) in [5.74, 6) is -0.288. The number of ether oxygens (including phenoxy) is 1. The maximum absolute atomic E-state index is 10.8. The van der Waals surface area contributed by atoms with Crippen molar-refractivity contribution in [1.82, 2.24) is 0 Å². The molecule has 0 saturated heterocycles. The van der Waals surface area contributed by atoms with Crippen LogP contribution in [0.4, 0.5) is 0 Å². The minimum Gasteiger partial charge on any atom is -0.455 e. The Bertz CT molecular complexity index is 283. The zero-order chi connectivity index (χ0) is 12.9. The molecule has 0 spiro atoms. The molecule has 0 radical (unpaired) electrons. The largest absolute Gasteiger partial charge is 0.455 e. The van der Waals surface area contributed by atoms with Crippen LogP contribution in [0.15, 0.2) is 12.2 Å². The van der Waals surface area contributed by atoms with Crippen molar-refractivity contribution in [2.24, 2.45) is 0 Å². The van der Waals surface area contributed by atoms with Gasteiger partial charge in [-0.15, -0.1) is 0 Å². The molecule has 4 heteroatoms. The van der Waals surface area contributed by atoms with E-state index in [1.807, 2.05) is 6.92 Å². The highest BCUT2D eigenvalue weighted by molar-refractivity contribution is 5.84. The van der Waals surface area contributed by atoms with Gasteiger partial charge in [-0.1, -0.05) is 6.92 Å². The van der Waals surface area contributed by atoms with Gasteiger partial charge in [-0.25, -0.2) is 4.79 Å². The molecule has 3 atom stereocenters. The highest BCUT2D eigenvalue weighted by atomic mass is 16.5. The number of aliphatic hydroxyl groups excluding tert-OH is 1. The van der Waals surface area contributed by atoms with Gasteiger partial charge in [-0.2, -0.15) is 0 Å². The highest BCUT2D eigenvalue weighted by Crippen LogP contribution is 2.20. The first kappa shape index (κ1) is 14.2. The normalized spacial score (nSPS) is 24.5. The van der Waals surface area contributed by atoms with Gasteiger partial charge >= 0.3 is 5.97 Å². The summed E-state index contributed by atoms with van der Waals surface area (Å²) in [6.07, 6.45) is 5.71. The lowest BCUT2D eigenvalue weighted by atomic mass is 9.93. The topological polar surface area (TPSA) is 66.8 Å². The first-order valence-electron chi connectivity index (χ1n) is 6.22. The van der Waals surface area contributed by atoms with Crippen LogP contribution in [0.2, 0.25) is 0 Å². The van der Waals surface area contributed by atoms with Crippen LogP contribution in [0.3, 0.4) is 0 Å². The van der Waals surface area contributed by atoms with Crippen LogP contribution in [0.25, 0.3) is 0 Å². The predicted molar refractivity (Wildman–Crippen MR) is 64.4 cm³/mol. The number of hydrogen-bond donors (Lipinski definition) is 2. The molecule has 17 heavy (non-hydrogen) atoms. The summed E-state index contributed by atoms with van der Waals surface area (Å²) in [5, 5.41) is 19.6. The van der Waals surface area contributed by atoms with E-state index in [0.717, 1.165) is 12.8 Å². The molecule has 0 saturated carbocycles. The Hall–Kier alpha value is -0.870. The van der Waals surface area contributed by atoms with Gasteiger partial charge in [0.2, 0.25) is 0 Å². The quantitative estimate of drug-likeness (QED) is 0.665. The number of esters is 1. The van der Waals surface area contributed by atoms with Crippen molar-refractivity contribution >= 4 is 5.97 Å². The molecule has 0 fully saturated rings. The molecule has 2 unspecified atom stereocenters. The smallest absolute Gasteiger partial charge is 0.331 e. The zero-order valence-corrected chi connectivity index (χ0v) is 10.6. The lowest BCUT2D eigenvalue weighted by Gasteiger charge is -2.24. The van der Waals surface area contributed by atoms with Crippen molar-refractivity contribution < 1.29 is 19.7 Å². The molecule has 0 amide bonds. The Labute approximate surface area is 102 Å². The molecule has 1 rings (SSSR count). The minimum atomic E-state index is -0.793. The fourth-order valence-corrected chi connectivity index (χ4v) is 1.88. The molecular weight excluding hydrogens is 220 g/mol. The van der Waals surface area contributed by atoms with Crippen LogP contribution in [0.5, 0.6) is 0 Å². The summed E-state index contributed by atoms with van der Waals surface area (Å²) < 4.78 is 4.98. The van der Waals surface area contributed by atoms with E-state index in [2.05, 4.69) is 0 Å². The van der Waals surface area contributed by atoms with E-state index in [1.165, 1.54) is 6.08 Å². The number of carbonyl (C=O) groups is 1. The van der Waals surface area contributed by atoms with Gasteiger partial charge in [0, 0.05) is 12.5 Å². The Kier molecular flexibility index (Phi) is 5.15. The monoisotopic (exact) mass is 242 g/mol. The van der Waals surface area contributed by atoms with Crippen LogP contribution in [0, 0.1) is 0 Å². The Morgan fingerprint density at radius 3 is 2.82 bits per heavy atom. The molecule has 0 aliphatic carbocycles. The molecule has 0 bridgehead atoms. The fraction of sp³-hybridized carbons (Fsp3) is 0.769. The van der Waals surface area contributed by atoms with Gasteiger partial charge in [0.05, 0.1) is 11.7 Å². The molecule has 4 nitrogen and oxygen atoms in total. The van der Waals surface area contributed by atoms with Crippen molar-refractivity contribution in [3.63, 3.8) is 0 Å². The van der Waals surface area contributed by atoms with Gasteiger partial charge in [0.25, 0.3) is 0 Å². The molecule has 0 aromatic heterocycles. The van der Waals surface area contributed by atoms with Crippen LogP contribution >= 0.6 is 0 Å².